The molecule has 1 heterocycles. The van der Waals surface area contributed by atoms with E-state index in [0.29, 0.717) is 9.82 Å². The lowest BCUT2D eigenvalue weighted by molar-refractivity contribution is 0.368. The second-order valence-electron chi connectivity index (χ2n) is 3.94. The summed E-state index contributed by atoms with van der Waals surface area (Å²) in [6.07, 6.45) is 9.18. The van der Waals surface area contributed by atoms with Crippen LogP contribution in [0.15, 0.2) is 4.42 Å². The van der Waals surface area contributed by atoms with Crippen molar-refractivity contribution in [3.63, 3.8) is 0 Å². The highest BCUT2D eigenvalue weighted by atomic mass is 127. The Balaban J connectivity index is 2.00. The van der Waals surface area contributed by atoms with E-state index in [4.69, 9.17) is 4.42 Å². The quantitative estimate of drug-likeness (QED) is 0.745. The molecule has 14 heavy (non-hydrogen) atoms. The summed E-state index contributed by atoms with van der Waals surface area (Å²) >= 11 is 2.07. The first-order valence-electron chi connectivity index (χ1n) is 5.35. The van der Waals surface area contributed by atoms with Gasteiger partial charge in [-0.1, -0.05) is 32.1 Å². The number of rotatable bonds is 1. The Morgan fingerprint density at radius 2 is 1.64 bits per heavy atom. The average molecular weight is 306 g/mol. The fourth-order valence-electron chi connectivity index (χ4n) is 2.08. The minimum Gasteiger partial charge on any atom is -0.416 e. The molecule has 1 saturated carbocycles. The van der Waals surface area contributed by atoms with Gasteiger partial charge in [-0.3, -0.25) is 0 Å². The molecule has 0 spiro atoms. The molecule has 0 saturated heterocycles. The molecule has 0 amide bonds. The Hall–Kier alpha value is -0.130. The van der Waals surface area contributed by atoms with E-state index >= 15 is 0 Å². The molecule has 0 unspecified atom stereocenters. The summed E-state index contributed by atoms with van der Waals surface area (Å²) < 4.78 is 6.15. The molecule has 0 radical (unpaired) electrons. The van der Waals surface area contributed by atoms with Crippen molar-refractivity contribution < 1.29 is 4.42 Å². The van der Waals surface area contributed by atoms with Crippen molar-refractivity contribution >= 4 is 22.6 Å². The minimum absolute atomic E-state index is 0.520. The van der Waals surface area contributed by atoms with E-state index in [1.807, 2.05) is 0 Å². The van der Waals surface area contributed by atoms with Crippen molar-refractivity contribution in [1.82, 2.24) is 10.2 Å². The van der Waals surface area contributed by atoms with Gasteiger partial charge in [-0.05, 0) is 12.8 Å². The second-order valence-corrected chi connectivity index (χ2v) is 4.86. The van der Waals surface area contributed by atoms with Gasteiger partial charge in [0.2, 0.25) is 5.89 Å². The number of aromatic nitrogens is 2. The lowest BCUT2D eigenvalue weighted by Crippen LogP contribution is -2.02. The summed E-state index contributed by atoms with van der Waals surface area (Å²) in [6.45, 7) is 0. The lowest BCUT2D eigenvalue weighted by atomic mass is 9.91. The van der Waals surface area contributed by atoms with Crippen LogP contribution in [-0.4, -0.2) is 10.2 Å². The molecule has 4 heteroatoms. The highest BCUT2D eigenvalue weighted by Crippen LogP contribution is 2.29. The van der Waals surface area contributed by atoms with E-state index in [-0.39, 0.29) is 0 Å². The fourth-order valence-corrected chi connectivity index (χ4v) is 2.42. The monoisotopic (exact) mass is 306 g/mol. The molecule has 1 fully saturated rings. The van der Waals surface area contributed by atoms with E-state index in [9.17, 15) is 0 Å². The van der Waals surface area contributed by atoms with Crippen molar-refractivity contribution in [2.75, 3.05) is 0 Å². The standard InChI is InChI=1S/C10H15IN2O/c11-10-13-12-9(14-10)8-6-4-2-1-3-5-7-8/h8H,1-7H2. The molecular weight excluding hydrogens is 291 g/mol. The molecule has 0 aromatic carbocycles. The number of nitrogens with zero attached hydrogens (tertiary/aromatic N) is 2. The van der Waals surface area contributed by atoms with E-state index in [2.05, 4.69) is 32.8 Å². The van der Waals surface area contributed by atoms with Crippen LogP contribution >= 0.6 is 22.6 Å². The SMILES string of the molecule is Ic1nnc(C2CCCCCCC2)o1. The molecule has 0 atom stereocenters. The maximum absolute atomic E-state index is 5.48. The van der Waals surface area contributed by atoms with Crippen LogP contribution in [0.2, 0.25) is 0 Å². The summed E-state index contributed by atoms with van der Waals surface area (Å²) in [5, 5.41) is 8.00. The first kappa shape index (κ1) is 10.4. The van der Waals surface area contributed by atoms with Gasteiger partial charge in [0.25, 0.3) is 3.90 Å². The van der Waals surface area contributed by atoms with Crippen molar-refractivity contribution in [3.05, 3.63) is 9.79 Å². The Bertz CT molecular complexity index is 279. The van der Waals surface area contributed by atoms with E-state index in [0.717, 1.165) is 5.89 Å². The molecule has 0 N–H and O–H groups in total. The summed E-state index contributed by atoms with van der Waals surface area (Å²) in [5.74, 6) is 1.38. The van der Waals surface area contributed by atoms with Crippen LogP contribution in [0.25, 0.3) is 0 Å². The highest BCUT2D eigenvalue weighted by Gasteiger charge is 2.18. The molecule has 1 aromatic rings. The molecule has 1 aromatic heterocycles. The summed E-state index contributed by atoms with van der Waals surface area (Å²) in [6, 6.07) is 0. The maximum atomic E-state index is 5.48. The van der Waals surface area contributed by atoms with E-state index in [1.54, 1.807) is 0 Å². The predicted octanol–water partition coefficient (Wildman–Crippen LogP) is 3.50. The largest absolute Gasteiger partial charge is 0.416 e. The molecule has 1 aliphatic rings. The number of halogens is 1. The Morgan fingerprint density at radius 1 is 1.00 bits per heavy atom. The molecule has 2 rings (SSSR count). The molecule has 0 bridgehead atoms. The summed E-state index contributed by atoms with van der Waals surface area (Å²) in [7, 11) is 0. The zero-order valence-electron chi connectivity index (χ0n) is 8.21. The zero-order valence-corrected chi connectivity index (χ0v) is 10.4. The van der Waals surface area contributed by atoms with Crippen LogP contribution in [0.1, 0.15) is 56.8 Å². The van der Waals surface area contributed by atoms with Crippen LogP contribution in [-0.2, 0) is 0 Å². The van der Waals surface area contributed by atoms with Crippen molar-refractivity contribution in [1.29, 1.82) is 0 Å². The van der Waals surface area contributed by atoms with Crippen molar-refractivity contribution in [2.24, 2.45) is 0 Å². The van der Waals surface area contributed by atoms with Crippen molar-refractivity contribution in [3.8, 4) is 0 Å². The third-order valence-corrected chi connectivity index (χ3v) is 3.31. The van der Waals surface area contributed by atoms with Crippen LogP contribution < -0.4 is 0 Å². The normalized spacial score (nSPS) is 20.4. The molecule has 78 valence electrons. The lowest BCUT2D eigenvalue weighted by Gasteiger charge is -2.15. The summed E-state index contributed by atoms with van der Waals surface area (Å²) in [5.41, 5.74) is 0. The van der Waals surface area contributed by atoms with Gasteiger partial charge in [0.05, 0.1) is 0 Å². The Labute approximate surface area is 97.8 Å². The van der Waals surface area contributed by atoms with Gasteiger partial charge in [-0.25, -0.2) is 0 Å². The highest BCUT2D eigenvalue weighted by molar-refractivity contribution is 14.1. The average Bonchev–Trinajstić information content (AvgIpc) is 2.51. The maximum Gasteiger partial charge on any atom is 0.278 e. The summed E-state index contributed by atoms with van der Waals surface area (Å²) in [4.78, 5) is 0. The van der Waals surface area contributed by atoms with Gasteiger partial charge in [-0.15, -0.1) is 10.2 Å². The van der Waals surface area contributed by atoms with Gasteiger partial charge in [0, 0.05) is 28.5 Å². The van der Waals surface area contributed by atoms with Crippen molar-refractivity contribution in [2.45, 2.75) is 50.9 Å². The predicted molar refractivity (Wildman–Crippen MR) is 62.1 cm³/mol. The molecule has 0 aliphatic heterocycles. The second kappa shape index (κ2) is 5.09. The molecule has 3 nitrogen and oxygen atoms in total. The van der Waals surface area contributed by atoms with E-state index in [1.165, 1.54) is 44.9 Å². The fraction of sp³-hybridized carbons (Fsp3) is 0.800. The van der Waals surface area contributed by atoms with Crippen LogP contribution in [0.5, 0.6) is 0 Å². The van der Waals surface area contributed by atoms with Gasteiger partial charge in [0.1, 0.15) is 0 Å². The smallest absolute Gasteiger partial charge is 0.278 e. The van der Waals surface area contributed by atoms with Gasteiger partial charge in [0.15, 0.2) is 0 Å². The van der Waals surface area contributed by atoms with Gasteiger partial charge in [-0.2, -0.15) is 0 Å². The number of hydrogen-bond acceptors (Lipinski definition) is 3. The number of hydrogen-bond donors (Lipinski definition) is 0. The van der Waals surface area contributed by atoms with Crippen LogP contribution in [0.4, 0.5) is 0 Å². The third kappa shape index (κ3) is 2.68. The third-order valence-electron chi connectivity index (χ3n) is 2.87. The molecular formula is C10H15IN2O. The van der Waals surface area contributed by atoms with Crippen LogP contribution in [0, 0.1) is 3.90 Å². The van der Waals surface area contributed by atoms with Gasteiger partial charge < -0.3 is 4.42 Å². The van der Waals surface area contributed by atoms with E-state index < -0.39 is 0 Å². The van der Waals surface area contributed by atoms with Crippen LogP contribution in [0.3, 0.4) is 0 Å². The first-order valence-corrected chi connectivity index (χ1v) is 6.43. The topological polar surface area (TPSA) is 38.9 Å². The minimum atomic E-state index is 0.520. The Morgan fingerprint density at radius 3 is 2.21 bits per heavy atom. The first-order chi connectivity index (χ1) is 6.86. The Kier molecular flexibility index (Phi) is 3.78. The van der Waals surface area contributed by atoms with Gasteiger partial charge >= 0.3 is 0 Å². The molecule has 1 aliphatic carbocycles. The zero-order chi connectivity index (χ0) is 9.80.